The van der Waals surface area contributed by atoms with E-state index < -0.39 is 5.97 Å². The van der Waals surface area contributed by atoms with Crippen molar-refractivity contribution in [1.82, 2.24) is 9.97 Å². The van der Waals surface area contributed by atoms with Gasteiger partial charge >= 0.3 is 5.97 Å². The molecule has 0 aromatic carbocycles. The number of hydrogen-bond acceptors (Lipinski definition) is 5. The maximum atomic E-state index is 11.4. The number of carbonyl (C=O) groups is 1. The Morgan fingerprint density at radius 2 is 2.00 bits per heavy atom. The monoisotopic (exact) mass is 299 g/mol. The minimum absolute atomic E-state index is 0.151. The third-order valence-electron chi connectivity index (χ3n) is 2.96. The Hall–Kier alpha value is -2.39. The predicted octanol–water partition coefficient (Wildman–Crippen LogP) is 3.12. The van der Waals surface area contributed by atoms with Gasteiger partial charge in [-0.1, -0.05) is 0 Å². The van der Waals surface area contributed by atoms with Crippen LogP contribution >= 0.6 is 11.8 Å². The van der Waals surface area contributed by atoms with E-state index in [1.165, 1.54) is 0 Å². The number of aromatic carboxylic acids is 1. The van der Waals surface area contributed by atoms with Gasteiger partial charge in [-0.15, -0.1) is 0 Å². The summed E-state index contributed by atoms with van der Waals surface area (Å²) < 4.78 is 0. The van der Waals surface area contributed by atoms with Crippen molar-refractivity contribution >= 4 is 17.7 Å². The Labute approximate surface area is 126 Å². The Kier molecular flexibility index (Phi) is 4.24. The average Bonchev–Trinajstić information content (AvgIpc) is 2.37. The van der Waals surface area contributed by atoms with Crippen LogP contribution in [0.1, 0.15) is 32.7 Å². The molecule has 0 bridgehead atoms. The molecule has 5 nitrogen and oxygen atoms in total. The Balaban J connectivity index is 2.58. The molecule has 21 heavy (non-hydrogen) atoms. The smallest absolute Gasteiger partial charge is 0.338 e. The first kappa shape index (κ1) is 15.0. The highest BCUT2D eigenvalue weighted by atomic mass is 32.2. The lowest BCUT2D eigenvalue weighted by atomic mass is 10.1. The zero-order chi connectivity index (χ0) is 15.6. The molecular formula is C15H13N3O2S. The molecule has 1 N–H and O–H groups in total. The van der Waals surface area contributed by atoms with Crippen LogP contribution in [0.4, 0.5) is 0 Å². The molecule has 2 aromatic heterocycles. The van der Waals surface area contributed by atoms with Gasteiger partial charge in [0.2, 0.25) is 0 Å². The predicted molar refractivity (Wildman–Crippen MR) is 78.5 cm³/mol. The van der Waals surface area contributed by atoms with E-state index in [-0.39, 0.29) is 5.56 Å². The van der Waals surface area contributed by atoms with Crippen LogP contribution in [0.25, 0.3) is 0 Å². The molecule has 0 aliphatic carbocycles. The van der Waals surface area contributed by atoms with E-state index in [1.807, 2.05) is 6.92 Å². The van der Waals surface area contributed by atoms with Crippen molar-refractivity contribution in [3.63, 3.8) is 0 Å². The van der Waals surface area contributed by atoms with E-state index in [0.29, 0.717) is 21.2 Å². The summed E-state index contributed by atoms with van der Waals surface area (Å²) in [4.78, 5) is 19.9. The fraction of sp³-hybridized carbons (Fsp3) is 0.200. The molecule has 0 aliphatic heterocycles. The summed E-state index contributed by atoms with van der Waals surface area (Å²) in [6.45, 7) is 5.35. The lowest BCUT2D eigenvalue weighted by Crippen LogP contribution is -2.05. The lowest BCUT2D eigenvalue weighted by Gasteiger charge is -2.10. The molecule has 0 aliphatic rings. The zero-order valence-electron chi connectivity index (χ0n) is 11.8. The number of pyridine rings is 2. The van der Waals surface area contributed by atoms with Crippen molar-refractivity contribution in [3.05, 3.63) is 46.3 Å². The van der Waals surface area contributed by atoms with Crippen LogP contribution in [0, 0.1) is 32.1 Å². The third kappa shape index (κ3) is 3.03. The van der Waals surface area contributed by atoms with E-state index in [4.69, 9.17) is 0 Å². The molecule has 0 unspecified atom stereocenters. The molecule has 2 aromatic rings. The number of aryl methyl sites for hydroxylation is 3. The Bertz CT molecular complexity index is 766. The molecule has 6 heteroatoms. The third-order valence-corrected chi connectivity index (χ3v) is 3.95. The molecule has 106 valence electrons. The van der Waals surface area contributed by atoms with Gasteiger partial charge in [-0.3, -0.25) is 0 Å². The summed E-state index contributed by atoms with van der Waals surface area (Å²) in [6, 6.07) is 5.57. The maximum absolute atomic E-state index is 11.4. The second-order valence-electron chi connectivity index (χ2n) is 4.59. The molecule has 0 fully saturated rings. The summed E-state index contributed by atoms with van der Waals surface area (Å²) in [7, 11) is 0. The van der Waals surface area contributed by atoms with Gasteiger partial charge in [-0.25, -0.2) is 14.8 Å². The number of aromatic nitrogens is 2. The van der Waals surface area contributed by atoms with Gasteiger partial charge < -0.3 is 5.11 Å². The maximum Gasteiger partial charge on any atom is 0.338 e. The van der Waals surface area contributed by atoms with Crippen LogP contribution in [0.3, 0.4) is 0 Å². The molecule has 0 amide bonds. The summed E-state index contributed by atoms with van der Waals surface area (Å²) in [6.07, 6.45) is 1.60. The SMILES string of the molecule is Cc1cc(C)c(C(=O)O)c(Sc2nccc(C)c2C#N)n1. The largest absolute Gasteiger partial charge is 0.478 e. The van der Waals surface area contributed by atoms with E-state index in [0.717, 1.165) is 23.0 Å². The van der Waals surface area contributed by atoms with Gasteiger partial charge in [0.05, 0.1) is 11.1 Å². The van der Waals surface area contributed by atoms with Crippen molar-refractivity contribution in [2.45, 2.75) is 30.8 Å². The van der Waals surface area contributed by atoms with E-state index >= 15 is 0 Å². The number of hydrogen-bond donors (Lipinski definition) is 1. The lowest BCUT2D eigenvalue weighted by molar-refractivity contribution is 0.0691. The summed E-state index contributed by atoms with van der Waals surface area (Å²) >= 11 is 1.11. The molecular weight excluding hydrogens is 286 g/mol. The van der Waals surface area contributed by atoms with Crippen LogP contribution in [-0.2, 0) is 0 Å². The van der Waals surface area contributed by atoms with E-state index in [9.17, 15) is 15.2 Å². The molecule has 0 saturated carbocycles. The minimum atomic E-state index is -1.03. The van der Waals surface area contributed by atoms with Crippen molar-refractivity contribution in [1.29, 1.82) is 5.26 Å². The van der Waals surface area contributed by atoms with Crippen molar-refractivity contribution in [2.75, 3.05) is 0 Å². The topological polar surface area (TPSA) is 86.9 Å². The van der Waals surface area contributed by atoms with Gasteiger partial charge in [-0.2, -0.15) is 5.26 Å². The highest BCUT2D eigenvalue weighted by molar-refractivity contribution is 7.99. The van der Waals surface area contributed by atoms with Crippen LogP contribution in [-0.4, -0.2) is 21.0 Å². The molecule has 0 spiro atoms. The van der Waals surface area contributed by atoms with E-state index in [2.05, 4.69) is 16.0 Å². The van der Waals surface area contributed by atoms with E-state index in [1.54, 1.807) is 32.2 Å². The number of rotatable bonds is 3. The first-order valence-corrected chi connectivity index (χ1v) is 7.00. The second-order valence-corrected chi connectivity index (χ2v) is 5.57. The van der Waals surface area contributed by atoms with Gasteiger partial charge in [0.1, 0.15) is 16.1 Å². The fourth-order valence-corrected chi connectivity index (χ4v) is 3.12. The van der Waals surface area contributed by atoms with Gasteiger partial charge in [0.25, 0.3) is 0 Å². The van der Waals surface area contributed by atoms with Crippen LogP contribution in [0.5, 0.6) is 0 Å². The zero-order valence-corrected chi connectivity index (χ0v) is 12.7. The summed E-state index contributed by atoms with van der Waals surface area (Å²) in [5.41, 5.74) is 2.77. The van der Waals surface area contributed by atoms with Gasteiger partial charge in [0.15, 0.2) is 0 Å². The minimum Gasteiger partial charge on any atom is -0.478 e. The normalized spacial score (nSPS) is 10.2. The molecule has 2 heterocycles. The van der Waals surface area contributed by atoms with Crippen LogP contribution in [0.2, 0.25) is 0 Å². The summed E-state index contributed by atoms with van der Waals surface area (Å²) in [5.74, 6) is -1.03. The van der Waals surface area contributed by atoms with Crippen molar-refractivity contribution < 1.29 is 9.90 Å². The average molecular weight is 299 g/mol. The first-order chi connectivity index (χ1) is 9.93. The quantitative estimate of drug-likeness (QED) is 0.937. The first-order valence-electron chi connectivity index (χ1n) is 6.19. The highest BCUT2D eigenvalue weighted by Crippen LogP contribution is 2.32. The van der Waals surface area contributed by atoms with Crippen LogP contribution < -0.4 is 0 Å². The second kappa shape index (κ2) is 5.94. The molecule has 0 saturated heterocycles. The number of nitrogens with zero attached hydrogens (tertiary/aromatic N) is 3. The number of carboxylic acid groups (broad SMARTS) is 1. The van der Waals surface area contributed by atoms with Gasteiger partial charge in [0, 0.05) is 11.9 Å². The Morgan fingerprint density at radius 1 is 1.29 bits per heavy atom. The Morgan fingerprint density at radius 3 is 2.62 bits per heavy atom. The highest BCUT2D eigenvalue weighted by Gasteiger charge is 2.19. The molecule has 0 radical (unpaired) electrons. The summed E-state index contributed by atoms with van der Waals surface area (Å²) in [5, 5.41) is 19.4. The van der Waals surface area contributed by atoms with Crippen molar-refractivity contribution in [2.24, 2.45) is 0 Å². The molecule has 2 rings (SSSR count). The fourth-order valence-electron chi connectivity index (χ4n) is 1.97. The molecule has 0 atom stereocenters. The van der Waals surface area contributed by atoms with Crippen molar-refractivity contribution in [3.8, 4) is 6.07 Å². The van der Waals surface area contributed by atoms with Gasteiger partial charge in [-0.05, 0) is 55.8 Å². The number of nitriles is 1. The number of carboxylic acids is 1. The standard InChI is InChI=1S/C15H13N3O2S/c1-8-4-5-17-13(11(8)7-16)21-14-12(15(19)20)9(2)6-10(3)18-14/h4-6H,1-3H3,(H,19,20). The van der Waals surface area contributed by atoms with Crippen LogP contribution in [0.15, 0.2) is 28.4 Å².